The summed E-state index contributed by atoms with van der Waals surface area (Å²) >= 11 is 0. The topological polar surface area (TPSA) is 64.6 Å². The lowest BCUT2D eigenvalue weighted by molar-refractivity contribution is -0.130. The molecule has 1 fully saturated rings. The number of hydrogen-bond acceptors (Lipinski definition) is 4. The monoisotopic (exact) mass is 325 g/mol. The van der Waals surface area contributed by atoms with Crippen LogP contribution in [-0.2, 0) is 9.53 Å². The molecule has 24 heavy (non-hydrogen) atoms. The zero-order valence-corrected chi connectivity index (χ0v) is 13.4. The number of hydrogen-bond donors (Lipinski definition) is 1. The highest BCUT2D eigenvalue weighted by Gasteiger charge is 2.31. The molecule has 0 radical (unpaired) electrons. The Bertz CT molecular complexity index is 725. The normalized spacial score (nSPS) is 14.5. The van der Waals surface area contributed by atoms with E-state index in [1.54, 1.807) is 36.4 Å². The second kappa shape index (κ2) is 7.17. The van der Waals surface area contributed by atoms with Crippen LogP contribution in [0.5, 0.6) is 5.75 Å². The van der Waals surface area contributed by atoms with Crippen LogP contribution in [0.3, 0.4) is 0 Å². The molecular formula is C19H19NO4. The molecule has 3 rings (SSSR count). The van der Waals surface area contributed by atoms with E-state index in [2.05, 4.69) is 5.32 Å². The third kappa shape index (κ3) is 3.74. The number of carbonyl (C=O) groups is 2. The highest BCUT2D eigenvalue weighted by Crippen LogP contribution is 2.26. The predicted octanol–water partition coefficient (Wildman–Crippen LogP) is 2.87. The van der Waals surface area contributed by atoms with Crippen molar-refractivity contribution in [2.24, 2.45) is 0 Å². The van der Waals surface area contributed by atoms with Crippen LogP contribution >= 0.6 is 0 Å². The molecule has 1 aliphatic carbocycles. The SMILES string of the molecule is COc1ccccc1C(=O)O[C@H](C(=O)NC1CC1)c1ccccc1. The lowest BCUT2D eigenvalue weighted by atomic mass is 10.1. The molecule has 0 saturated heterocycles. The van der Waals surface area contributed by atoms with E-state index in [1.807, 2.05) is 18.2 Å². The Balaban J connectivity index is 1.83. The number of nitrogens with one attached hydrogen (secondary N) is 1. The van der Waals surface area contributed by atoms with Gasteiger partial charge >= 0.3 is 5.97 Å². The van der Waals surface area contributed by atoms with Crippen molar-refractivity contribution in [2.45, 2.75) is 25.0 Å². The maximum atomic E-state index is 12.5. The van der Waals surface area contributed by atoms with Crippen molar-refractivity contribution in [3.05, 3.63) is 65.7 Å². The molecule has 5 heteroatoms. The smallest absolute Gasteiger partial charge is 0.343 e. The van der Waals surface area contributed by atoms with Crippen LogP contribution in [0.2, 0.25) is 0 Å². The molecule has 2 aromatic rings. The summed E-state index contributed by atoms with van der Waals surface area (Å²) in [6, 6.07) is 16.0. The Labute approximate surface area is 140 Å². The summed E-state index contributed by atoms with van der Waals surface area (Å²) in [6.45, 7) is 0. The summed E-state index contributed by atoms with van der Waals surface area (Å²) in [5.74, 6) is -0.476. The molecular weight excluding hydrogens is 306 g/mol. The largest absolute Gasteiger partial charge is 0.496 e. The lowest BCUT2D eigenvalue weighted by Crippen LogP contribution is -2.33. The van der Waals surface area contributed by atoms with Crippen molar-refractivity contribution in [3.8, 4) is 5.75 Å². The van der Waals surface area contributed by atoms with Crippen LogP contribution in [0.1, 0.15) is 34.9 Å². The number of ether oxygens (including phenoxy) is 2. The van der Waals surface area contributed by atoms with Gasteiger partial charge in [-0.1, -0.05) is 42.5 Å². The zero-order chi connectivity index (χ0) is 16.9. The third-order valence-corrected chi connectivity index (χ3v) is 3.82. The minimum atomic E-state index is -0.982. The quantitative estimate of drug-likeness (QED) is 0.830. The van der Waals surface area contributed by atoms with Crippen molar-refractivity contribution < 1.29 is 19.1 Å². The summed E-state index contributed by atoms with van der Waals surface area (Å²) in [5, 5.41) is 2.89. The van der Waals surface area contributed by atoms with E-state index in [1.165, 1.54) is 7.11 Å². The van der Waals surface area contributed by atoms with Gasteiger partial charge in [-0.25, -0.2) is 4.79 Å². The summed E-state index contributed by atoms with van der Waals surface area (Å²) in [7, 11) is 1.49. The maximum Gasteiger partial charge on any atom is 0.343 e. The Morgan fingerprint density at radius 2 is 1.71 bits per heavy atom. The van der Waals surface area contributed by atoms with Crippen molar-refractivity contribution in [1.29, 1.82) is 0 Å². The van der Waals surface area contributed by atoms with Gasteiger partial charge in [0.05, 0.1) is 7.11 Å². The average molecular weight is 325 g/mol. The van der Waals surface area contributed by atoms with E-state index in [4.69, 9.17) is 9.47 Å². The van der Waals surface area contributed by atoms with Gasteiger partial charge in [0.1, 0.15) is 11.3 Å². The van der Waals surface area contributed by atoms with Crippen molar-refractivity contribution in [2.75, 3.05) is 7.11 Å². The molecule has 0 heterocycles. The minimum Gasteiger partial charge on any atom is -0.496 e. The second-order valence-corrected chi connectivity index (χ2v) is 5.68. The van der Waals surface area contributed by atoms with E-state index >= 15 is 0 Å². The number of esters is 1. The Morgan fingerprint density at radius 3 is 2.38 bits per heavy atom. The van der Waals surface area contributed by atoms with Gasteiger partial charge in [0, 0.05) is 11.6 Å². The Hall–Kier alpha value is -2.82. The fourth-order valence-corrected chi connectivity index (χ4v) is 2.39. The molecule has 1 saturated carbocycles. The molecule has 1 amide bonds. The Morgan fingerprint density at radius 1 is 1.04 bits per heavy atom. The maximum absolute atomic E-state index is 12.5. The van der Waals surface area contributed by atoms with Gasteiger partial charge in [0.2, 0.25) is 6.10 Å². The molecule has 124 valence electrons. The minimum absolute atomic E-state index is 0.189. The summed E-state index contributed by atoms with van der Waals surface area (Å²) in [5.41, 5.74) is 0.930. The first-order chi connectivity index (χ1) is 11.7. The van der Waals surface area contributed by atoms with E-state index < -0.39 is 12.1 Å². The van der Waals surface area contributed by atoms with Gasteiger partial charge < -0.3 is 14.8 Å². The molecule has 5 nitrogen and oxygen atoms in total. The first kappa shape index (κ1) is 16.1. The number of rotatable bonds is 6. The molecule has 0 aromatic heterocycles. The number of methoxy groups -OCH3 is 1. The van der Waals surface area contributed by atoms with Crippen LogP contribution in [0, 0.1) is 0 Å². The molecule has 2 aromatic carbocycles. The number of para-hydroxylation sites is 1. The Kier molecular flexibility index (Phi) is 4.79. The van der Waals surface area contributed by atoms with Gasteiger partial charge in [0.15, 0.2) is 0 Å². The molecule has 0 unspecified atom stereocenters. The van der Waals surface area contributed by atoms with Gasteiger partial charge in [-0.05, 0) is 25.0 Å². The summed E-state index contributed by atoms with van der Waals surface area (Å²) in [6.07, 6.45) is 0.950. The van der Waals surface area contributed by atoms with E-state index in [-0.39, 0.29) is 11.9 Å². The number of carbonyl (C=O) groups excluding carboxylic acids is 2. The van der Waals surface area contributed by atoms with E-state index in [0.29, 0.717) is 16.9 Å². The average Bonchev–Trinajstić information content (AvgIpc) is 3.44. The number of benzene rings is 2. The van der Waals surface area contributed by atoms with Crippen LogP contribution in [0.4, 0.5) is 0 Å². The zero-order valence-electron chi connectivity index (χ0n) is 13.4. The molecule has 0 bridgehead atoms. The number of amides is 1. The molecule has 1 N–H and O–H groups in total. The summed E-state index contributed by atoms with van der Waals surface area (Å²) in [4.78, 5) is 25.0. The van der Waals surface area contributed by atoms with Crippen LogP contribution < -0.4 is 10.1 Å². The fraction of sp³-hybridized carbons (Fsp3) is 0.263. The highest BCUT2D eigenvalue weighted by molar-refractivity contribution is 5.95. The van der Waals surface area contributed by atoms with Crippen LogP contribution in [0.25, 0.3) is 0 Å². The van der Waals surface area contributed by atoms with E-state index in [0.717, 1.165) is 12.8 Å². The lowest BCUT2D eigenvalue weighted by Gasteiger charge is -2.18. The molecule has 0 spiro atoms. The third-order valence-electron chi connectivity index (χ3n) is 3.82. The first-order valence-corrected chi connectivity index (χ1v) is 7.88. The van der Waals surface area contributed by atoms with Crippen molar-refractivity contribution in [3.63, 3.8) is 0 Å². The van der Waals surface area contributed by atoms with Crippen molar-refractivity contribution in [1.82, 2.24) is 5.32 Å². The van der Waals surface area contributed by atoms with Crippen LogP contribution in [-0.4, -0.2) is 25.0 Å². The van der Waals surface area contributed by atoms with Gasteiger partial charge in [0.25, 0.3) is 5.91 Å². The molecule has 1 aliphatic rings. The molecule has 1 atom stereocenters. The first-order valence-electron chi connectivity index (χ1n) is 7.88. The van der Waals surface area contributed by atoms with Crippen LogP contribution in [0.15, 0.2) is 54.6 Å². The van der Waals surface area contributed by atoms with E-state index in [9.17, 15) is 9.59 Å². The van der Waals surface area contributed by atoms with Gasteiger partial charge in [-0.2, -0.15) is 0 Å². The van der Waals surface area contributed by atoms with Gasteiger partial charge in [-0.3, -0.25) is 4.79 Å². The van der Waals surface area contributed by atoms with Gasteiger partial charge in [-0.15, -0.1) is 0 Å². The fourth-order valence-electron chi connectivity index (χ4n) is 2.39. The standard InChI is InChI=1S/C19H19NO4/c1-23-16-10-6-5-9-15(16)19(22)24-17(13-7-3-2-4-8-13)18(21)20-14-11-12-14/h2-10,14,17H,11-12H2,1H3,(H,20,21)/t17-/m0/s1. The van der Waals surface area contributed by atoms with Crippen molar-refractivity contribution >= 4 is 11.9 Å². The highest BCUT2D eigenvalue weighted by atomic mass is 16.5. The predicted molar refractivity (Wildman–Crippen MR) is 88.8 cm³/mol. The second-order valence-electron chi connectivity index (χ2n) is 5.68. The summed E-state index contributed by atoms with van der Waals surface area (Å²) < 4.78 is 10.7. The molecule has 0 aliphatic heterocycles.